The fourth-order valence-electron chi connectivity index (χ4n) is 2.99. The first-order chi connectivity index (χ1) is 11.7. The normalized spacial score (nSPS) is 12.8. The Labute approximate surface area is 141 Å². The van der Waals surface area contributed by atoms with Gasteiger partial charge in [-0.1, -0.05) is 0 Å². The zero-order valence-corrected chi connectivity index (χ0v) is 14.1. The summed E-state index contributed by atoms with van der Waals surface area (Å²) in [6, 6.07) is 3.44. The Bertz CT molecular complexity index is 746. The SMILES string of the molecule is CCOc1ncccc1C(=O)NCCc1nc(C)c2c(n1)CCC2. The number of rotatable bonds is 6. The van der Waals surface area contributed by atoms with Crippen molar-refractivity contribution in [2.75, 3.05) is 13.2 Å². The Hall–Kier alpha value is -2.50. The maximum absolute atomic E-state index is 12.3. The number of pyridine rings is 1. The third-order valence-corrected chi connectivity index (χ3v) is 4.12. The second kappa shape index (κ2) is 7.38. The van der Waals surface area contributed by atoms with Gasteiger partial charge in [0.2, 0.25) is 5.88 Å². The van der Waals surface area contributed by atoms with E-state index in [9.17, 15) is 4.79 Å². The van der Waals surface area contributed by atoms with E-state index in [0.29, 0.717) is 31.0 Å². The molecule has 2 aromatic heterocycles. The topological polar surface area (TPSA) is 77.0 Å². The molecule has 0 aromatic carbocycles. The Morgan fingerprint density at radius 2 is 2.21 bits per heavy atom. The Morgan fingerprint density at radius 1 is 1.33 bits per heavy atom. The van der Waals surface area contributed by atoms with Gasteiger partial charge in [-0.2, -0.15) is 0 Å². The highest BCUT2D eigenvalue weighted by molar-refractivity contribution is 5.96. The van der Waals surface area contributed by atoms with Crippen LogP contribution in [0.1, 0.15) is 46.5 Å². The highest BCUT2D eigenvalue weighted by Crippen LogP contribution is 2.22. The van der Waals surface area contributed by atoms with Gasteiger partial charge in [0.15, 0.2) is 0 Å². The van der Waals surface area contributed by atoms with Crippen molar-refractivity contribution < 1.29 is 9.53 Å². The molecule has 0 saturated carbocycles. The first-order valence-corrected chi connectivity index (χ1v) is 8.40. The molecule has 1 aliphatic carbocycles. The Kier molecular flexibility index (Phi) is 5.03. The first kappa shape index (κ1) is 16.4. The highest BCUT2D eigenvalue weighted by Gasteiger charge is 2.17. The summed E-state index contributed by atoms with van der Waals surface area (Å²) in [6.07, 6.45) is 5.50. The lowest BCUT2D eigenvalue weighted by Gasteiger charge is -2.10. The summed E-state index contributed by atoms with van der Waals surface area (Å²) in [5, 5.41) is 2.89. The van der Waals surface area contributed by atoms with Crippen LogP contribution in [0.4, 0.5) is 0 Å². The van der Waals surface area contributed by atoms with Crippen LogP contribution in [0.2, 0.25) is 0 Å². The van der Waals surface area contributed by atoms with Crippen molar-refractivity contribution in [3.8, 4) is 5.88 Å². The van der Waals surface area contributed by atoms with Crippen molar-refractivity contribution in [3.63, 3.8) is 0 Å². The summed E-state index contributed by atoms with van der Waals surface area (Å²) in [5.41, 5.74) is 4.00. The van der Waals surface area contributed by atoms with Gasteiger partial charge < -0.3 is 10.1 Å². The van der Waals surface area contributed by atoms with E-state index < -0.39 is 0 Å². The van der Waals surface area contributed by atoms with Crippen LogP contribution < -0.4 is 10.1 Å². The van der Waals surface area contributed by atoms with E-state index in [-0.39, 0.29) is 5.91 Å². The van der Waals surface area contributed by atoms with Crippen LogP contribution in [-0.2, 0) is 19.3 Å². The maximum Gasteiger partial charge on any atom is 0.256 e. The third-order valence-electron chi connectivity index (χ3n) is 4.12. The van der Waals surface area contributed by atoms with E-state index >= 15 is 0 Å². The molecule has 2 heterocycles. The summed E-state index contributed by atoms with van der Waals surface area (Å²) >= 11 is 0. The zero-order valence-electron chi connectivity index (χ0n) is 14.1. The molecule has 0 bridgehead atoms. The number of aromatic nitrogens is 3. The van der Waals surface area contributed by atoms with Gasteiger partial charge in [-0.05, 0) is 50.8 Å². The van der Waals surface area contributed by atoms with Crippen molar-refractivity contribution in [2.45, 2.75) is 39.5 Å². The number of ether oxygens (including phenoxy) is 1. The van der Waals surface area contributed by atoms with E-state index in [1.807, 2.05) is 13.8 Å². The molecular weight excluding hydrogens is 304 g/mol. The van der Waals surface area contributed by atoms with Crippen molar-refractivity contribution in [1.29, 1.82) is 0 Å². The van der Waals surface area contributed by atoms with Gasteiger partial charge in [-0.3, -0.25) is 4.79 Å². The van der Waals surface area contributed by atoms with Crippen LogP contribution in [0.3, 0.4) is 0 Å². The average Bonchev–Trinajstić information content (AvgIpc) is 3.05. The van der Waals surface area contributed by atoms with Crippen LogP contribution in [0.5, 0.6) is 5.88 Å². The molecule has 1 aliphatic rings. The number of hydrogen-bond acceptors (Lipinski definition) is 5. The number of aryl methyl sites for hydroxylation is 2. The summed E-state index contributed by atoms with van der Waals surface area (Å²) < 4.78 is 5.39. The Morgan fingerprint density at radius 3 is 3.04 bits per heavy atom. The second-order valence-electron chi connectivity index (χ2n) is 5.80. The average molecular weight is 326 g/mol. The summed E-state index contributed by atoms with van der Waals surface area (Å²) in [6.45, 7) is 4.86. The first-order valence-electron chi connectivity index (χ1n) is 8.40. The molecule has 2 aromatic rings. The molecule has 126 valence electrons. The molecule has 0 saturated heterocycles. The van der Waals surface area contributed by atoms with Crippen molar-refractivity contribution in [1.82, 2.24) is 20.3 Å². The molecule has 1 N–H and O–H groups in total. The number of fused-ring (bicyclic) bond motifs is 1. The van der Waals surface area contributed by atoms with Gasteiger partial charge >= 0.3 is 0 Å². The molecular formula is C18H22N4O2. The van der Waals surface area contributed by atoms with Gasteiger partial charge in [-0.15, -0.1) is 0 Å². The molecule has 1 amide bonds. The van der Waals surface area contributed by atoms with Gasteiger partial charge in [0.25, 0.3) is 5.91 Å². The lowest BCUT2D eigenvalue weighted by molar-refractivity contribution is 0.0949. The Balaban J connectivity index is 1.61. The van der Waals surface area contributed by atoms with Crippen LogP contribution in [0, 0.1) is 6.92 Å². The fraction of sp³-hybridized carbons (Fsp3) is 0.444. The van der Waals surface area contributed by atoms with Crippen molar-refractivity contribution >= 4 is 5.91 Å². The molecule has 0 atom stereocenters. The van der Waals surface area contributed by atoms with Crippen LogP contribution in [0.15, 0.2) is 18.3 Å². The van der Waals surface area contributed by atoms with Crippen molar-refractivity contribution in [2.24, 2.45) is 0 Å². The smallest absolute Gasteiger partial charge is 0.256 e. The molecule has 0 radical (unpaired) electrons. The van der Waals surface area contributed by atoms with Gasteiger partial charge in [0.05, 0.1) is 6.61 Å². The number of carbonyl (C=O) groups excluding carboxylic acids is 1. The van der Waals surface area contributed by atoms with E-state index in [0.717, 1.165) is 30.8 Å². The quantitative estimate of drug-likeness (QED) is 0.879. The van der Waals surface area contributed by atoms with Gasteiger partial charge in [0.1, 0.15) is 11.4 Å². The molecule has 0 unspecified atom stereocenters. The lowest BCUT2D eigenvalue weighted by atomic mass is 10.2. The molecule has 3 rings (SSSR count). The third kappa shape index (κ3) is 3.53. The molecule has 0 fully saturated rings. The van der Waals surface area contributed by atoms with E-state index in [2.05, 4.69) is 20.3 Å². The standard InChI is InChI=1S/C18H22N4O2/c1-3-24-18-14(7-5-10-20-18)17(23)19-11-9-16-21-12(2)13-6-4-8-15(13)22-16/h5,7,10H,3-4,6,8-9,11H2,1-2H3,(H,19,23). The zero-order chi connectivity index (χ0) is 16.9. The largest absolute Gasteiger partial charge is 0.477 e. The second-order valence-corrected chi connectivity index (χ2v) is 5.80. The number of amides is 1. The van der Waals surface area contributed by atoms with Crippen LogP contribution in [0.25, 0.3) is 0 Å². The molecule has 6 nitrogen and oxygen atoms in total. The maximum atomic E-state index is 12.3. The van der Waals surface area contributed by atoms with Crippen LogP contribution >= 0.6 is 0 Å². The minimum atomic E-state index is -0.190. The van der Waals surface area contributed by atoms with E-state index in [1.165, 1.54) is 11.3 Å². The fourth-order valence-corrected chi connectivity index (χ4v) is 2.99. The van der Waals surface area contributed by atoms with Gasteiger partial charge in [0, 0.05) is 30.6 Å². The summed E-state index contributed by atoms with van der Waals surface area (Å²) in [7, 11) is 0. The summed E-state index contributed by atoms with van der Waals surface area (Å²) in [5.74, 6) is 0.969. The molecule has 0 aliphatic heterocycles. The number of nitrogens with one attached hydrogen (secondary N) is 1. The minimum Gasteiger partial charge on any atom is -0.477 e. The van der Waals surface area contributed by atoms with Crippen LogP contribution in [-0.4, -0.2) is 34.0 Å². The lowest BCUT2D eigenvalue weighted by Crippen LogP contribution is -2.27. The van der Waals surface area contributed by atoms with E-state index in [1.54, 1.807) is 18.3 Å². The highest BCUT2D eigenvalue weighted by atomic mass is 16.5. The summed E-state index contributed by atoms with van der Waals surface area (Å²) in [4.78, 5) is 25.6. The number of hydrogen-bond donors (Lipinski definition) is 1. The predicted octanol–water partition coefficient (Wildman–Crippen LogP) is 2.04. The van der Waals surface area contributed by atoms with Gasteiger partial charge in [-0.25, -0.2) is 15.0 Å². The number of nitrogens with zero attached hydrogens (tertiary/aromatic N) is 3. The molecule has 0 spiro atoms. The molecule has 6 heteroatoms. The monoisotopic (exact) mass is 326 g/mol. The predicted molar refractivity (Wildman–Crippen MR) is 90.2 cm³/mol. The van der Waals surface area contributed by atoms with E-state index in [4.69, 9.17) is 4.74 Å². The number of carbonyl (C=O) groups is 1. The van der Waals surface area contributed by atoms with Crippen molar-refractivity contribution in [3.05, 3.63) is 46.7 Å². The minimum absolute atomic E-state index is 0.190. The molecule has 24 heavy (non-hydrogen) atoms.